The van der Waals surface area contributed by atoms with Crippen molar-refractivity contribution < 1.29 is 35.9 Å². The molecule has 1 aromatic heterocycles. The Morgan fingerprint density at radius 1 is 1.35 bits per heavy atom. The highest BCUT2D eigenvalue weighted by atomic mass is 32.2. The number of carbonyl (C=O) groups excluding carboxylic acids is 1. The molecule has 0 spiro atoms. The van der Waals surface area contributed by atoms with E-state index in [1.807, 2.05) is 0 Å². The van der Waals surface area contributed by atoms with Crippen LogP contribution in [0.1, 0.15) is 36.1 Å². The van der Waals surface area contributed by atoms with E-state index in [2.05, 4.69) is 10.3 Å². The molecule has 5 unspecified atom stereocenters. The molecule has 0 aromatic carbocycles. The lowest BCUT2D eigenvalue weighted by atomic mass is 9.78. The molecule has 3 aliphatic heterocycles. The third kappa shape index (κ3) is 5.12. The number of alkyl halides is 3. The fourth-order valence-electron chi connectivity index (χ4n) is 6.54. The van der Waals surface area contributed by atoms with E-state index < -0.39 is 27.2 Å². The lowest BCUT2D eigenvalue weighted by Gasteiger charge is -2.37. The first-order chi connectivity index (χ1) is 17.4. The number of fused-ring (bicyclic) bond motifs is 2. The van der Waals surface area contributed by atoms with E-state index in [0.717, 1.165) is 24.9 Å². The topological polar surface area (TPSA) is 101 Å². The van der Waals surface area contributed by atoms with Gasteiger partial charge in [0.2, 0.25) is 15.9 Å². The molecule has 4 aliphatic rings. The molecule has 5 rings (SSSR count). The zero-order valence-corrected chi connectivity index (χ0v) is 21.8. The zero-order valence-electron chi connectivity index (χ0n) is 21.0. The summed E-state index contributed by atoms with van der Waals surface area (Å²) < 4.78 is 77.1. The van der Waals surface area contributed by atoms with E-state index in [-0.39, 0.29) is 49.6 Å². The van der Waals surface area contributed by atoms with Gasteiger partial charge >= 0.3 is 6.18 Å². The van der Waals surface area contributed by atoms with Crippen LogP contribution in [-0.2, 0) is 43.4 Å². The van der Waals surface area contributed by atoms with Crippen LogP contribution in [0.5, 0.6) is 0 Å². The van der Waals surface area contributed by atoms with Crippen molar-refractivity contribution in [2.24, 2.45) is 11.3 Å². The molecule has 9 nitrogen and oxygen atoms in total. The maximum absolute atomic E-state index is 14.1. The molecule has 1 amide bonds. The van der Waals surface area contributed by atoms with Gasteiger partial charge in [-0.1, -0.05) is 0 Å². The van der Waals surface area contributed by atoms with Crippen LogP contribution in [-0.4, -0.2) is 92.9 Å². The van der Waals surface area contributed by atoms with Gasteiger partial charge in [0.05, 0.1) is 29.9 Å². The number of hydrogen-bond donors (Lipinski definition) is 1. The average molecular weight is 547 g/mol. The van der Waals surface area contributed by atoms with Crippen molar-refractivity contribution in [1.82, 2.24) is 19.5 Å². The molecule has 206 valence electrons. The second-order valence-electron chi connectivity index (χ2n) is 10.8. The van der Waals surface area contributed by atoms with E-state index in [0.29, 0.717) is 50.3 Å². The van der Waals surface area contributed by atoms with E-state index in [1.165, 1.54) is 4.31 Å². The number of halogens is 3. The van der Waals surface area contributed by atoms with Crippen molar-refractivity contribution in [2.45, 2.75) is 56.6 Å². The molecule has 1 aliphatic carbocycles. The van der Waals surface area contributed by atoms with Gasteiger partial charge in [-0.05, 0) is 36.8 Å². The number of amides is 1. The standard InChI is InChI=1S/C24H33F3N4O5S/c1-35-21-13-36-6-4-20(21)29-18-8-17-12-31(37(2,33)34)14-23(17,9-18)22(32)30-5-3-19-15(11-30)7-16(10-28-19)24(25,26)27/h7,10,17-18,20-21,29H,3-6,8-9,11-14H2,1-2H3. The molecule has 1 saturated carbocycles. The van der Waals surface area contributed by atoms with Crippen LogP contribution < -0.4 is 5.32 Å². The van der Waals surface area contributed by atoms with E-state index in [1.54, 1.807) is 12.0 Å². The first-order valence-electron chi connectivity index (χ1n) is 12.6. The molecule has 1 aromatic rings. The molecular weight excluding hydrogens is 513 g/mol. The Balaban J connectivity index is 1.38. The van der Waals surface area contributed by atoms with Crippen molar-refractivity contribution >= 4 is 15.9 Å². The number of carbonyl (C=O) groups is 1. The summed E-state index contributed by atoms with van der Waals surface area (Å²) in [5.74, 6) is -0.375. The lowest BCUT2D eigenvalue weighted by molar-refractivity contribution is -0.143. The van der Waals surface area contributed by atoms with Crippen molar-refractivity contribution in [2.75, 3.05) is 46.2 Å². The van der Waals surface area contributed by atoms with Gasteiger partial charge in [0.1, 0.15) is 0 Å². The van der Waals surface area contributed by atoms with Crippen LogP contribution in [0.4, 0.5) is 13.2 Å². The quantitative estimate of drug-likeness (QED) is 0.596. The Morgan fingerprint density at radius 2 is 2.14 bits per heavy atom. The van der Waals surface area contributed by atoms with Crippen molar-refractivity contribution in [1.29, 1.82) is 0 Å². The van der Waals surface area contributed by atoms with Gasteiger partial charge in [-0.25, -0.2) is 12.7 Å². The highest BCUT2D eigenvalue weighted by molar-refractivity contribution is 7.88. The fourth-order valence-corrected chi connectivity index (χ4v) is 7.46. The van der Waals surface area contributed by atoms with Gasteiger partial charge in [0.15, 0.2) is 0 Å². The average Bonchev–Trinajstić information content (AvgIpc) is 3.38. The number of nitrogens with zero attached hydrogens (tertiary/aromatic N) is 3. The Morgan fingerprint density at radius 3 is 2.84 bits per heavy atom. The molecule has 0 bridgehead atoms. The van der Waals surface area contributed by atoms with Crippen molar-refractivity contribution in [3.63, 3.8) is 0 Å². The minimum atomic E-state index is -4.52. The van der Waals surface area contributed by atoms with Crippen LogP contribution in [0.15, 0.2) is 12.3 Å². The second-order valence-corrected chi connectivity index (χ2v) is 12.7. The number of hydrogen-bond acceptors (Lipinski definition) is 7. The first kappa shape index (κ1) is 26.8. The summed E-state index contributed by atoms with van der Waals surface area (Å²) in [6.45, 7) is 1.80. The monoisotopic (exact) mass is 546 g/mol. The van der Waals surface area contributed by atoms with Crippen molar-refractivity contribution in [3.05, 3.63) is 29.1 Å². The Bertz CT molecular complexity index is 1150. The minimum Gasteiger partial charge on any atom is -0.379 e. The summed E-state index contributed by atoms with van der Waals surface area (Å²) in [6.07, 6.45) is -0.424. The molecule has 2 saturated heterocycles. The number of pyridine rings is 1. The highest BCUT2D eigenvalue weighted by Crippen LogP contribution is 2.51. The number of aromatic nitrogens is 1. The third-order valence-corrected chi connectivity index (χ3v) is 9.67. The van der Waals surface area contributed by atoms with Crippen LogP contribution in [0.25, 0.3) is 0 Å². The number of rotatable bonds is 5. The number of methoxy groups -OCH3 is 1. The molecule has 3 fully saturated rings. The van der Waals surface area contributed by atoms with Crippen LogP contribution >= 0.6 is 0 Å². The van der Waals surface area contributed by atoms with Gasteiger partial charge in [0.25, 0.3) is 0 Å². The summed E-state index contributed by atoms with van der Waals surface area (Å²) in [7, 11) is -1.87. The Hall–Kier alpha value is -1.80. The van der Waals surface area contributed by atoms with Gasteiger partial charge in [-0.3, -0.25) is 9.78 Å². The Kier molecular flexibility index (Phi) is 7.06. The molecule has 0 radical (unpaired) electrons. The third-order valence-electron chi connectivity index (χ3n) is 8.45. The maximum Gasteiger partial charge on any atom is 0.417 e. The smallest absolute Gasteiger partial charge is 0.379 e. The maximum atomic E-state index is 14.1. The predicted molar refractivity (Wildman–Crippen MR) is 127 cm³/mol. The van der Waals surface area contributed by atoms with Gasteiger partial charge in [-0.15, -0.1) is 0 Å². The van der Waals surface area contributed by atoms with E-state index in [9.17, 15) is 26.4 Å². The lowest BCUT2D eigenvalue weighted by Crippen LogP contribution is -2.52. The number of nitrogens with one attached hydrogen (secondary N) is 1. The molecule has 1 N–H and O–H groups in total. The Labute approximate surface area is 214 Å². The summed E-state index contributed by atoms with van der Waals surface area (Å²) in [4.78, 5) is 19.7. The van der Waals surface area contributed by atoms with Crippen LogP contribution in [0.3, 0.4) is 0 Å². The second kappa shape index (κ2) is 9.74. The molecule has 13 heteroatoms. The van der Waals surface area contributed by atoms with Gasteiger partial charge < -0.3 is 19.7 Å². The zero-order chi connectivity index (χ0) is 26.6. The summed E-state index contributed by atoms with van der Waals surface area (Å²) >= 11 is 0. The van der Waals surface area contributed by atoms with Gasteiger partial charge in [-0.2, -0.15) is 13.2 Å². The van der Waals surface area contributed by atoms with E-state index in [4.69, 9.17) is 9.47 Å². The molecular formula is C24H33F3N4O5S. The van der Waals surface area contributed by atoms with Crippen LogP contribution in [0.2, 0.25) is 0 Å². The van der Waals surface area contributed by atoms with Gasteiger partial charge in [0, 0.05) is 70.3 Å². The predicted octanol–water partition coefficient (Wildman–Crippen LogP) is 1.42. The molecule has 37 heavy (non-hydrogen) atoms. The van der Waals surface area contributed by atoms with Crippen molar-refractivity contribution in [3.8, 4) is 0 Å². The number of ether oxygens (including phenoxy) is 2. The summed E-state index contributed by atoms with van der Waals surface area (Å²) in [5.41, 5.74) is -0.819. The fraction of sp³-hybridized carbons (Fsp3) is 0.750. The normalized spacial score (nSPS) is 32.8. The summed E-state index contributed by atoms with van der Waals surface area (Å²) in [5, 5.41) is 3.64. The largest absolute Gasteiger partial charge is 0.417 e. The summed E-state index contributed by atoms with van der Waals surface area (Å²) in [6, 6.07) is 1.13. The first-order valence-corrected chi connectivity index (χ1v) is 14.4. The van der Waals surface area contributed by atoms with Crippen LogP contribution in [0, 0.1) is 11.3 Å². The SMILES string of the molecule is COC1COCCC1NC1CC2CN(S(C)(=O)=O)CC2(C(=O)N2CCc3ncc(C(F)(F)F)cc3C2)C1. The van der Waals surface area contributed by atoms with E-state index >= 15 is 0 Å². The molecule has 4 heterocycles. The minimum absolute atomic E-state index is 0.00742. The number of sulfonamides is 1. The highest BCUT2D eigenvalue weighted by Gasteiger charge is 2.60. The molecule has 5 atom stereocenters.